The van der Waals surface area contributed by atoms with Crippen molar-refractivity contribution in [2.75, 3.05) is 19.8 Å². The molecule has 3 atom stereocenters. The second-order valence-corrected chi connectivity index (χ2v) is 11.0. The van der Waals surface area contributed by atoms with Crippen LogP contribution in [0.4, 0.5) is 4.39 Å². The van der Waals surface area contributed by atoms with Crippen LogP contribution in [0.5, 0.6) is 0 Å². The maximum absolute atomic E-state index is 13.6. The lowest BCUT2D eigenvalue weighted by molar-refractivity contribution is -0.142. The van der Waals surface area contributed by atoms with E-state index in [1.54, 1.807) is 4.90 Å². The number of rotatable bonds is 16. The molecule has 0 bridgehead atoms. The van der Waals surface area contributed by atoms with Crippen molar-refractivity contribution in [3.05, 3.63) is 47.8 Å². The summed E-state index contributed by atoms with van der Waals surface area (Å²) in [5, 5.41) is 2.86. The van der Waals surface area contributed by atoms with Gasteiger partial charge in [0.05, 0.1) is 11.9 Å². The molecule has 0 spiro atoms. The van der Waals surface area contributed by atoms with E-state index in [-0.39, 0.29) is 36.2 Å². The molecular weight excluding hydrogens is 485 g/mol. The Morgan fingerprint density at radius 2 is 1.76 bits per heavy atom. The van der Waals surface area contributed by atoms with Crippen LogP contribution in [0.3, 0.4) is 0 Å². The Bertz CT molecular complexity index is 990. The molecule has 0 saturated carbocycles. The molecule has 0 aliphatic carbocycles. The number of nitrogens with zero attached hydrogens (tertiary/aromatic N) is 1. The number of Topliss-reactive ketones (excluding diaryl/α,β-unsaturated/α-hetero) is 3. The second-order valence-electron chi connectivity index (χ2n) is 11.0. The highest BCUT2D eigenvalue weighted by Gasteiger charge is 2.39. The summed E-state index contributed by atoms with van der Waals surface area (Å²) in [7, 11) is 0. The molecule has 1 aliphatic rings. The number of benzene rings is 1. The van der Waals surface area contributed by atoms with Crippen LogP contribution >= 0.6 is 0 Å². The number of halogens is 1. The quantitative estimate of drug-likeness (QED) is 0.240. The highest BCUT2D eigenvalue weighted by atomic mass is 19.1. The van der Waals surface area contributed by atoms with Crippen molar-refractivity contribution in [2.24, 2.45) is 23.5 Å². The minimum atomic E-state index is -1.13. The van der Waals surface area contributed by atoms with Gasteiger partial charge < -0.3 is 16.0 Å². The van der Waals surface area contributed by atoms with E-state index < -0.39 is 30.3 Å². The first kappa shape index (κ1) is 31.2. The molecule has 1 aliphatic heterocycles. The fourth-order valence-electron chi connectivity index (χ4n) is 5.02. The molecular formula is C30H44FN3O4. The summed E-state index contributed by atoms with van der Waals surface area (Å²) in [5.74, 6) is -1.86. The van der Waals surface area contributed by atoms with Crippen molar-refractivity contribution in [3.63, 3.8) is 0 Å². The zero-order valence-corrected chi connectivity index (χ0v) is 23.3. The predicted octanol–water partition coefficient (Wildman–Crippen LogP) is 4.56. The first-order valence-electron chi connectivity index (χ1n) is 13.7. The average molecular weight is 530 g/mol. The Balaban J connectivity index is 2.09. The third-order valence-electron chi connectivity index (χ3n) is 7.45. The number of hydrogen-bond donors (Lipinski definition) is 2. The molecule has 7 nitrogen and oxygen atoms in total. The van der Waals surface area contributed by atoms with Crippen molar-refractivity contribution in [1.82, 2.24) is 10.2 Å². The van der Waals surface area contributed by atoms with Crippen LogP contribution in [-0.2, 0) is 14.4 Å². The van der Waals surface area contributed by atoms with Gasteiger partial charge in [-0.3, -0.25) is 19.2 Å². The fourth-order valence-corrected chi connectivity index (χ4v) is 5.02. The second kappa shape index (κ2) is 14.8. The van der Waals surface area contributed by atoms with Crippen LogP contribution in [0.25, 0.3) is 0 Å². The van der Waals surface area contributed by atoms with Crippen molar-refractivity contribution in [3.8, 4) is 0 Å². The zero-order valence-electron chi connectivity index (χ0n) is 23.3. The van der Waals surface area contributed by atoms with E-state index in [0.29, 0.717) is 56.1 Å². The average Bonchev–Trinajstić information content (AvgIpc) is 3.38. The molecule has 3 N–H and O–H groups in total. The summed E-state index contributed by atoms with van der Waals surface area (Å²) < 4.78 is 13.2. The molecule has 8 heteroatoms. The standard InChI is InChI=1S/C30H44FN3O4/c1-19(2)22-10-12-23(13-11-22)27(35)17-25(20(3)4)30(38)34-15-7-9-26(34)28(36)16-24(29(37)18-31)8-6-14-33-21(5)32/h10-13,19-20,24-26,33H,5-9,14-18,32H2,1-4H3/t24-,25+,26+/m1/s1. The van der Waals surface area contributed by atoms with E-state index in [2.05, 4.69) is 25.7 Å². The molecule has 210 valence electrons. The molecule has 0 unspecified atom stereocenters. The third-order valence-corrected chi connectivity index (χ3v) is 7.45. The molecule has 1 heterocycles. The first-order valence-corrected chi connectivity index (χ1v) is 13.7. The summed E-state index contributed by atoms with van der Waals surface area (Å²) in [5.41, 5.74) is 7.19. The maximum atomic E-state index is 13.6. The maximum Gasteiger partial charge on any atom is 0.227 e. The van der Waals surface area contributed by atoms with Gasteiger partial charge in [-0.2, -0.15) is 0 Å². The molecule has 1 aromatic carbocycles. The van der Waals surface area contributed by atoms with Crippen LogP contribution in [-0.4, -0.2) is 54.0 Å². The highest BCUT2D eigenvalue weighted by Crippen LogP contribution is 2.29. The van der Waals surface area contributed by atoms with Crippen LogP contribution < -0.4 is 11.1 Å². The summed E-state index contributed by atoms with van der Waals surface area (Å²) >= 11 is 0. The molecule has 0 radical (unpaired) electrons. The fraction of sp³-hybridized carbons (Fsp3) is 0.600. The Hall–Kier alpha value is -3.03. The van der Waals surface area contributed by atoms with Crippen LogP contribution in [0.1, 0.15) is 88.1 Å². The van der Waals surface area contributed by atoms with E-state index in [1.807, 2.05) is 38.1 Å². The third kappa shape index (κ3) is 8.77. The van der Waals surface area contributed by atoms with Gasteiger partial charge in [-0.1, -0.05) is 58.5 Å². The number of carbonyl (C=O) groups excluding carboxylic acids is 4. The minimum absolute atomic E-state index is 0.0668. The van der Waals surface area contributed by atoms with E-state index in [4.69, 9.17) is 5.73 Å². The van der Waals surface area contributed by atoms with E-state index in [0.717, 1.165) is 5.56 Å². The lowest BCUT2D eigenvalue weighted by Gasteiger charge is -2.30. The monoisotopic (exact) mass is 529 g/mol. The van der Waals surface area contributed by atoms with E-state index in [9.17, 15) is 23.6 Å². The molecule has 0 aromatic heterocycles. The number of amides is 1. The molecule has 1 saturated heterocycles. The van der Waals surface area contributed by atoms with Gasteiger partial charge in [0.25, 0.3) is 0 Å². The molecule has 1 aromatic rings. The van der Waals surface area contributed by atoms with Crippen LogP contribution in [0, 0.1) is 17.8 Å². The van der Waals surface area contributed by atoms with Crippen molar-refractivity contribution < 1.29 is 23.6 Å². The van der Waals surface area contributed by atoms with Gasteiger partial charge in [-0.25, -0.2) is 4.39 Å². The number of carbonyl (C=O) groups is 4. The predicted molar refractivity (Wildman–Crippen MR) is 147 cm³/mol. The van der Waals surface area contributed by atoms with Crippen molar-refractivity contribution in [2.45, 2.75) is 78.2 Å². The van der Waals surface area contributed by atoms with E-state index in [1.165, 1.54) is 0 Å². The number of alkyl halides is 1. The lowest BCUT2D eigenvalue weighted by Crippen LogP contribution is -2.45. The normalized spacial score (nSPS) is 16.9. The Morgan fingerprint density at radius 1 is 1.11 bits per heavy atom. The lowest BCUT2D eigenvalue weighted by atomic mass is 9.86. The summed E-state index contributed by atoms with van der Waals surface area (Å²) in [6.07, 6.45) is 2.01. The SMILES string of the molecule is C=C(N)NCCC[C@H](CC(=O)[C@@H]1CCCN1C(=O)[C@@H](CC(=O)c1ccc(C(C)C)cc1)C(C)C)C(=O)CF. The smallest absolute Gasteiger partial charge is 0.227 e. The minimum Gasteiger partial charge on any atom is -0.386 e. The van der Waals surface area contributed by atoms with Gasteiger partial charge >= 0.3 is 0 Å². The molecule has 2 rings (SSSR count). The topological polar surface area (TPSA) is 110 Å². The Kier molecular flexibility index (Phi) is 12.1. The van der Waals surface area contributed by atoms with Gasteiger partial charge in [0.1, 0.15) is 6.67 Å². The van der Waals surface area contributed by atoms with Gasteiger partial charge in [0.2, 0.25) is 5.91 Å². The van der Waals surface area contributed by atoms with Crippen LogP contribution in [0.15, 0.2) is 36.7 Å². The largest absolute Gasteiger partial charge is 0.386 e. The van der Waals surface area contributed by atoms with E-state index >= 15 is 0 Å². The summed E-state index contributed by atoms with van der Waals surface area (Å²) in [6, 6.07) is 6.85. The summed E-state index contributed by atoms with van der Waals surface area (Å²) in [4.78, 5) is 53.8. The van der Waals surface area contributed by atoms with Gasteiger partial charge in [-0.05, 0) is 43.1 Å². The highest BCUT2D eigenvalue weighted by molar-refractivity contribution is 5.99. The number of nitrogens with one attached hydrogen (secondary N) is 1. The van der Waals surface area contributed by atoms with Crippen LogP contribution in [0.2, 0.25) is 0 Å². The number of ketones is 3. The first-order chi connectivity index (χ1) is 18.0. The van der Waals surface area contributed by atoms with Crippen molar-refractivity contribution >= 4 is 23.3 Å². The molecule has 1 amide bonds. The Morgan fingerprint density at radius 3 is 2.32 bits per heavy atom. The molecule has 1 fully saturated rings. The summed E-state index contributed by atoms with van der Waals surface area (Å²) in [6.45, 7) is 11.3. The van der Waals surface area contributed by atoms with Gasteiger partial charge in [0, 0.05) is 43.3 Å². The van der Waals surface area contributed by atoms with Gasteiger partial charge in [-0.15, -0.1) is 0 Å². The zero-order chi connectivity index (χ0) is 28.4. The number of hydrogen-bond acceptors (Lipinski definition) is 6. The number of likely N-dealkylation sites (tertiary alicyclic amines) is 1. The molecule has 38 heavy (non-hydrogen) atoms. The van der Waals surface area contributed by atoms with Gasteiger partial charge in [0.15, 0.2) is 17.3 Å². The van der Waals surface area contributed by atoms with Crippen molar-refractivity contribution in [1.29, 1.82) is 0 Å². The number of nitrogens with two attached hydrogens (primary N) is 1. The Labute approximate surface area is 226 Å².